The molecule has 0 spiro atoms. The van der Waals surface area contributed by atoms with Crippen LogP contribution >= 0.6 is 11.6 Å². The topological polar surface area (TPSA) is 46.5 Å². The summed E-state index contributed by atoms with van der Waals surface area (Å²) in [5.74, 6) is -0.597. The fourth-order valence-electron chi connectivity index (χ4n) is 2.58. The lowest BCUT2D eigenvalue weighted by atomic mass is 9.90. The van der Waals surface area contributed by atoms with Gasteiger partial charge in [-0.3, -0.25) is 4.79 Å². The zero-order valence-corrected chi connectivity index (χ0v) is 14.3. The lowest BCUT2D eigenvalue weighted by Gasteiger charge is -2.17. The van der Waals surface area contributed by atoms with Gasteiger partial charge >= 0.3 is 5.97 Å². The zero-order chi connectivity index (χ0) is 17.0. The number of hydrogen-bond donors (Lipinski definition) is 1. The Hall–Kier alpha value is -2.00. The van der Waals surface area contributed by atoms with Crippen LogP contribution in [0.4, 0.5) is 0 Å². The summed E-state index contributed by atoms with van der Waals surface area (Å²) in [4.78, 5) is 11.8. The maximum atomic E-state index is 11.8. The highest BCUT2D eigenvalue weighted by Gasteiger charge is 2.24. The molecule has 2 rings (SSSR count). The number of rotatable bonds is 6. The molecule has 2 aromatic carbocycles. The molecule has 0 radical (unpaired) electrons. The lowest BCUT2D eigenvalue weighted by Crippen LogP contribution is -2.15. The summed E-state index contributed by atoms with van der Waals surface area (Å²) in [7, 11) is 1.53. The minimum absolute atomic E-state index is 0.393. The highest BCUT2D eigenvalue weighted by atomic mass is 35.5. The van der Waals surface area contributed by atoms with Crippen molar-refractivity contribution in [2.75, 3.05) is 7.11 Å². The molecule has 1 unspecified atom stereocenters. The average Bonchev–Trinajstić information content (AvgIpc) is 2.52. The van der Waals surface area contributed by atoms with E-state index >= 15 is 0 Å². The number of carboxylic acid groups (broad SMARTS) is 1. The van der Waals surface area contributed by atoms with Gasteiger partial charge in [-0.25, -0.2) is 0 Å². The summed E-state index contributed by atoms with van der Waals surface area (Å²) in [6.07, 6.45) is 0.393. The van der Waals surface area contributed by atoms with Crippen LogP contribution in [-0.4, -0.2) is 18.2 Å². The van der Waals surface area contributed by atoms with Crippen LogP contribution in [-0.2, 0) is 11.2 Å². The van der Waals surface area contributed by atoms with Gasteiger partial charge in [-0.05, 0) is 41.7 Å². The van der Waals surface area contributed by atoms with Gasteiger partial charge in [0.1, 0.15) is 5.75 Å². The summed E-state index contributed by atoms with van der Waals surface area (Å²) in [6, 6.07) is 13.1. The predicted molar refractivity (Wildman–Crippen MR) is 92.6 cm³/mol. The van der Waals surface area contributed by atoms with Crippen molar-refractivity contribution < 1.29 is 14.6 Å². The normalized spacial score (nSPS) is 12.2. The molecule has 23 heavy (non-hydrogen) atoms. The van der Waals surface area contributed by atoms with Crippen molar-refractivity contribution in [3.05, 3.63) is 64.2 Å². The van der Waals surface area contributed by atoms with Gasteiger partial charge in [0.2, 0.25) is 0 Å². The fraction of sp³-hybridized carbons (Fsp3) is 0.316. The predicted octanol–water partition coefficient (Wildman–Crippen LogP) is 4.88. The Labute approximate surface area is 141 Å². The van der Waals surface area contributed by atoms with Crippen molar-refractivity contribution in [3.8, 4) is 5.75 Å². The number of methoxy groups -OCH3 is 1. The van der Waals surface area contributed by atoms with Gasteiger partial charge in [0.25, 0.3) is 0 Å². The fourth-order valence-corrected chi connectivity index (χ4v) is 2.76. The first-order chi connectivity index (χ1) is 10.9. The number of benzene rings is 2. The van der Waals surface area contributed by atoms with Crippen molar-refractivity contribution in [2.45, 2.75) is 32.1 Å². The molecule has 0 saturated heterocycles. The average molecular weight is 333 g/mol. The van der Waals surface area contributed by atoms with E-state index in [2.05, 4.69) is 13.8 Å². The van der Waals surface area contributed by atoms with Gasteiger partial charge in [0.05, 0.1) is 13.0 Å². The molecule has 0 heterocycles. The standard InChI is InChI=1S/C19H21ClO3/c1-12(2)14-6-4-13(5-7-14)10-17(19(21)22)16-11-15(20)8-9-18(16)23-3/h4-9,11-12,17H,10H2,1-3H3,(H,21,22). The Morgan fingerprint density at radius 2 is 1.83 bits per heavy atom. The molecule has 2 aromatic rings. The Kier molecular flexibility index (Phi) is 5.67. The van der Waals surface area contributed by atoms with Crippen molar-refractivity contribution >= 4 is 17.6 Å². The monoisotopic (exact) mass is 332 g/mol. The summed E-state index contributed by atoms with van der Waals surface area (Å²) in [5, 5.41) is 10.1. The maximum absolute atomic E-state index is 11.8. The molecule has 3 nitrogen and oxygen atoms in total. The second kappa shape index (κ2) is 7.51. The number of hydrogen-bond acceptors (Lipinski definition) is 2. The first-order valence-electron chi connectivity index (χ1n) is 7.57. The summed E-state index contributed by atoms with van der Waals surface area (Å²) in [6.45, 7) is 4.26. The third-order valence-electron chi connectivity index (χ3n) is 3.95. The molecule has 0 aromatic heterocycles. The first kappa shape index (κ1) is 17.4. The molecular weight excluding hydrogens is 312 g/mol. The van der Waals surface area contributed by atoms with Crippen LogP contribution in [0.5, 0.6) is 5.75 Å². The van der Waals surface area contributed by atoms with Gasteiger partial charge in [-0.2, -0.15) is 0 Å². The van der Waals surface area contributed by atoms with E-state index in [0.717, 1.165) is 5.56 Å². The highest BCUT2D eigenvalue weighted by molar-refractivity contribution is 6.30. The van der Waals surface area contributed by atoms with Gasteiger partial charge in [0.15, 0.2) is 0 Å². The molecule has 0 amide bonds. The number of aliphatic carboxylic acids is 1. The van der Waals surface area contributed by atoms with E-state index in [1.807, 2.05) is 24.3 Å². The van der Waals surface area contributed by atoms with Crippen LogP contribution in [0.1, 0.15) is 42.4 Å². The minimum atomic E-state index is -0.890. The Morgan fingerprint density at radius 1 is 1.17 bits per heavy atom. The molecule has 0 fully saturated rings. The van der Waals surface area contributed by atoms with E-state index in [0.29, 0.717) is 28.7 Å². The second-order valence-electron chi connectivity index (χ2n) is 5.88. The molecule has 0 aliphatic heterocycles. The van der Waals surface area contributed by atoms with E-state index in [1.165, 1.54) is 12.7 Å². The largest absolute Gasteiger partial charge is 0.496 e. The molecule has 4 heteroatoms. The van der Waals surface area contributed by atoms with E-state index < -0.39 is 11.9 Å². The lowest BCUT2D eigenvalue weighted by molar-refractivity contribution is -0.138. The molecule has 0 bridgehead atoms. The zero-order valence-electron chi connectivity index (χ0n) is 13.5. The van der Waals surface area contributed by atoms with Crippen molar-refractivity contribution in [1.29, 1.82) is 0 Å². The molecule has 0 aliphatic rings. The minimum Gasteiger partial charge on any atom is -0.496 e. The molecule has 0 aliphatic carbocycles. The van der Waals surface area contributed by atoms with Crippen molar-refractivity contribution in [3.63, 3.8) is 0 Å². The van der Waals surface area contributed by atoms with Gasteiger partial charge in [-0.1, -0.05) is 49.7 Å². The van der Waals surface area contributed by atoms with Crippen LogP contribution in [0.15, 0.2) is 42.5 Å². The summed E-state index contributed by atoms with van der Waals surface area (Å²) >= 11 is 6.03. The Balaban J connectivity index is 2.32. The maximum Gasteiger partial charge on any atom is 0.311 e. The quantitative estimate of drug-likeness (QED) is 0.819. The third-order valence-corrected chi connectivity index (χ3v) is 4.19. The Bertz CT molecular complexity index is 678. The smallest absolute Gasteiger partial charge is 0.311 e. The number of halogens is 1. The van der Waals surface area contributed by atoms with E-state index in [4.69, 9.17) is 16.3 Å². The molecular formula is C19H21ClO3. The first-order valence-corrected chi connectivity index (χ1v) is 7.95. The summed E-state index contributed by atoms with van der Waals surface area (Å²) in [5.41, 5.74) is 2.81. The van der Waals surface area contributed by atoms with E-state index in [1.54, 1.807) is 18.2 Å². The van der Waals surface area contributed by atoms with E-state index in [9.17, 15) is 9.90 Å². The van der Waals surface area contributed by atoms with Gasteiger partial charge < -0.3 is 9.84 Å². The third kappa shape index (κ3) is 4.26. The molecule has 1 N–H and O–H groups in total. The Morgan fingerprint density at radius 3 is 2.35 bits per heavy atom. The van der Waals surface area contributed by atoms with Crippen LogP contribution in [0, 0.1) is 0 Å². The van der Waals surface area contributed by atoms with Crippen molar-refractivity contribution in [2.24, 2.45) is 0 Å². The highest BCUT2D eigenvalue weighted by Crippen LogP contribution is 2.32. The number of carboxylic acids is 1. The van der Waals surface area contributed by atoms with Gasteiger partial charge in [-0.15, -0.1) is 0 Å². The number of carbonyl (C=O) groups is 1. The van der Waals surface area contributed by atoms with Crippen LogP contribution in [0.3, 0.4) is 0 Å². The number of ether oxygens (including phenoxy) is 1. The second-order valence-corrected chi connectivity index (χ2v) is 6.31. The summed E-state index contributed by atoms with van der Waals surface area (Å²) < 4.78 is 5.30. The molecule has 1 atom stereocenters. The molecule has 0 saturated carbocycles. The van der Waals surface area contributed by atoms with Crippen LogP contribution < -0.4 is 4.74 Å². The van der Waals surface area contributed by atoms with Crippen molar-refractivity contribution in [1.82, 2.24) is 0 Å². The SMILES string of the molecule is COc1ccc(Cl)cc1C(Cc1ccc(C(C)C)cc1)C(=O)O. The van der Waals surface area contributed by atoms with E-state index in [-0.39, 0.29) is 0 Å². The van der Waals surface area contributed by atoms with Crippen LogP contribution in [0.2, 0.25) is 5.02 Å². The van der Waals surface area contributed by atoms with Crippen LogP contribution in [0.25, 0.3) is 0 Å². The molecule has 122 valence electrons. The van der Waals surface area contributed by atoms with Gasteiger partial charge in [0, 0.05) is 10.6 Å².